The molecule has 1 nitrogen and oxygen atoms in total. The first-order valence-corrected chi connectivity index (χ1v) is 2.95. The summed E-state index contributed by atoms with van der Waals surface area (Å²) >= 11 is 0. The third-order valence-electron chi connectivity index (χ3n) is 1.28. The number of carbonyl (C=O) groups excluding carboxylic acids is 1. The van der Waals surface area contributed by atoms with Crippen LogP contribution < -0.4 is 5.46 Å². The van der Waals surface area contributed by atoms with Gasteiger partial charge >= 0.3 is 0 Å². The van der Waals surface area contributed by atoms with Gasteiger partial charge in [-0.25, -0.2) is 4.39 Å². The lowest BCUT2D eigenvalue weighted by Crippen LogP contribution is -2.03. The Bertz CT molecular complexity index is 260. The van der Waals surface area contributed by atoms with Crippen LogP contribution in [0.5, 0.6) is 0 Å². The van der Waals surface area contributed by atoms with Gasteiger partial charge in [-0.15, -0.1) is 0 Å². The van der Waals surface area contributed by atoms with Crippen molar-refractivity contribution < 1.29 is 9.18 Å². The standard InChI is InChI=1S/C7H6BFO/c8-6-2-1-5(4-10)7(9)3-6/h1-4H,8H2. The second kappa shape index (κ2) is 2.65. The van der Waals surface area contributed by atoms with Gasteiger partial charge in [-0.05, 0) is 12.1 Å². The Morgan fingerprint density at radius 1 is 1.50 bits per heavy atom. The predicted molar refractivity (Wildman–Crippen MR) is 40.0 cm³/mol. The van der Waals surface area contributed by atoms with Crippen LogP contribution in [-0.2, 0) is 0 Å². The molecule has 0 aliphatic rings. The maximum atomic E-state index is 12.6. The van der Waals surface area contributed by atoms with Gasteiger partial charge in [0.25, 0.3) is 0 Å². The van der Waals surface area contributed by atoms with Crippen LogP contribution in [0.3, 0.4) is 0 Å². The van der Waals surface area contributed by atoms with Crippen molar-refractivity contribution in [1.82, 2.24) is 0 Å². The number of halogens is 1. The van der Waals surface area contributed by atoms with E-state index in [0.29, 0.717) is 6.29 Å². The first kappa shape index (κ1) is 7.00. The smallest absolute Gasteiger partial charge is 0.152 e. The molecule has 0 saturated heterocycles. The molecule has 0 spiro atoms. The van der Waals surface area contributed by atoms with Gasteiger partial charge in [-0.1, -0.05) is 11.5 Å². The number of aldehydes is 1. The summed E-state index contributed by atoms with van der Waals surface area (Å²) in [6.45, 7) is 0. The van der Waals surface area contributed by atoms with Crippen molar-refractivity contribution in [2.45, 2.75) is 0 Å². The van der Waals surface area contributed by atoms with Crippen molar-refractivity contribution in [3.05, 3.63) is 29.6 Å². The largest absolute Gasteiger partial charge is 0.298 e. The molecule has 0 radical (unpaired) electrons. The Kier molecular flexibility index (Phi) is 1.85. The second-order valence-corrected chi connectivity index (χ2v) is 2.14. The van der Waals surface area contributed by atoms with E-state index in [1.807, 2.05) is 0 Å². The van der Waals surface area contributed by atoms with E-state index in [1.54, 1.807) is 13.9 Å². The maximum Gasteiger partial charge on any atom is 0.152 e. The quantitative estimate of drug-likeness (QED) is 0.389. The zero-order valence-electron chi connectivity index (χ0n) is 5.60. The lowest BCUT2D eigenvalue weighted by atomic mass is 9.95. The summed E-state index contributed by atoms with van der Waals surface area (Å²) < 4.78 is 12.6. The van der Waals surface area contributed by atoms with Crippen molar-refractivity contribution in [1.29, 1.82) is 0 Å². The molecule has 0 unspecified atom stereocenters. The highest BCUT2D eigenvalue weighted by atomic mass is 19.1. The Balaban J connectivity index is 3.19. The molecule has 0 heterocycles. The van der Waals surface area contributed by atoms with E-state index in [4.69, 9.17) is 0 Å². The molecule has 10 heavy (non-hydrogen) atoms. The van der Waals surface area contributed by atoms with E-state index in [0.717, 1.165) is 5.46 Å². The lowest BCUT2D eigenvalue weighted by molar-refractivity contribution is 0.112. The Morgan fingerprint density at radius 2 is 2.20 bits per heavy atom. The molecule has 50 valence electrons. The molecule has 0 bridgehead atoms. The summed E-state index contributed by atoms with van der Waals surface area (Å²) in [5, 5.41) is 0. The van der Waals surface area contributed by atoms with Gasteiger partial charge in [-0.3, -0.25) is 4.79 Å². The minimum atomic E-state index is -0.449. The number of rotatable bonds is 1. The zero-order valence-corrected chi connectivity index (χ0v) is 5.60. The number of hydrogen-bond donors (Lipinski definition) is 0. The minimum absolute atomic E-state index is 0.116. The molecule has 1 aromatic rings. The minimum Gasteiger partial charge on any atom is -0.298 e. The van der Waals surface area contributed by atoms with E-state index < -0.39 is 5.82 Å². The third kappa shape index (κ3) is 1.24. The number of hydrogen-bond acceptors (Lipinski definition) is 1. The number of carbonyl (C=O) groups is 1. The molecule has 0 aliphatic carbocycles. The summed E-state index contributed by atoms with van der Waals surface area (Å²) in [6.07, 6.45) is 0.509. The van der Waals surface area contributed by atoms with Gasteiger partial charge in [-0.2, -0.15) is 0 Å². The molecule has 0 saturated carbocycles. The van der Waals surface area contributed by atoms with Crippen LogP contribution in [0.1, 0.15) is 10.4 Å². The van der Waals surface area contributed by atoms with Crippen LogP contribution in [0.4, 0.5) is 4.39 Å². The summed E-state index contributed by atoms with van der Waals surface area (Å²) in [5.41, 5.74) is 0.939. The third-order valence-corrected chi connectivity index (χ3v) is 1.28. The summed E-state index contributed by atoms with van der Waals surface area (Å²) in [6, 6.07) is 4.51. The molecular weight excluding hydrogens is 130 g/mol. The maximum absolute atomic E-state index is 12.6. The van der Waals surface area contributed by atoms with Crippen molar-refractivity contribution >= 4 is 19.6 Å². The second-order valence-electron chi connectivity index (χ2n) is 2.14. The highest BCUT2D eigenvalue weighted by Gasteiger charge is 1.97. The molecule has 0 aliphatic heterocycles. The van der Waals surface area contributed by atoms with Crippen LogP contribution >= 0.6 is 0 Å². The molecule has 0 aromatic heterocycles. The fraction of sp³-hybridized carbons (Fsp3) is 0. The van der Waals surface area contributed by atoms with Crippen LogP contribution in [-0.4, -0.2) is 14.1 Å². The van der Waals surface area contributed by atoms with E-state index in [1.165, 1.54) is 12.1 Å². The van der Waals surface area contributed by atoms with E-state index in [-0.39, 0.29) is 5.56 Å². The monoisotopic (exact) mass is 136 g/mol. The lowest BCUT2D eigenvalue weighted by Gasteiger charge is -1.94. The molecule has 1 rings (SSSR count). The Hall–Kier alpha value is -1.12. The fourth-order valence-electron chi connectivity index (χ4n) is 0.728. The normalized spacial score (nSPS) is 9.30. The molecule has 0 atom stereocenters. The van der Waals surface area contributed by atoms with Gasteiger partial charge < -0.3 is 0 Å². The number of benzene rings is 1. The van der Waals surface area contributed by atoms with Crippen LogP contribution in [0.2, 0.25) is 0 Å². The van der Waals surface area contributed by atoms with Gasteiger partial charge in [0.1, 0.15) is 13.7 Å². The van der Waals surface area contributed by atoms with Gasteiger partial charge in [0.15, 0.2) is 6.29 Å². The van der Waals surface area contributed by atoms with Gasteiger partial charge in [0, 0.05) is 5.56 Å². The predicted octanol–water partition coefficient (Wildman–Crippen LogP) is -0.103. The SMILES string of the molecule is Bc1ccc(C=O)c(F)c1. The average molecular weight is 136 g/mol. The molecule has 0 amide bonds. The van der Waals surface area contributed by atoms with Crippen LogP contribution in [0.25, 0.3) is 0 Å². The fourth-order valence-corrected chi connectivity index (χ4v) is 0.728. The summed E-state index contributed by atoms with van der Waals surface area (Å²) in [5.74, 6) is -0.449. The van der Waals surface area contributed by atoms with Crippen LogP contribution in [0, 0.1) is 5.82 Å². The van der Waals surface area contributed by atoms with Crippen molar-refractivity contribution in [3.63, 3.8) is 0 Å². The molecule has 3 heteroatoms. The van der Waals surface area contributed by atoms with Crippen LogP contribution in [0.15, 0.2) is 18.2 Å². The Morgan fingerprint density at radius 3 is 2.70 bits per heavy atom. The van der Waals surface area contributed by atoms with Crippen molar-refractivity contribution in [2.75, 3.05) is 0 Å². The topological polar surface area (TPSA) is 17.1 Å². The molecule has 1 aromatic carbocycles. The molecular formula is C7H6BFO. The zero-order chi connectivity index (χ0) is 7.56. The van der Waals surface area contributed by atoms with Gasteiger partial charge in [0.05, 0.1) is 0 Å². The first-order chi connectivity index (χ1) is 4.74. The summed E-state index contributed by atoms with van der Waals surface area (Å²) in [4.78, 5) is 10.1. The first-order valence-electron chi connectivity index (χ1n) is 2.95. The van der Waals surface area contributed by atoms with Crippen molar-refractivity contribution in [3.8, 4) is 0 Å². The highest BCUT2D eigenvalue weighted by Crippen LogP contribution is 1.99. The average Bonchev–Trinajstić information content (AvgIpc) is 1.88. The van der Waals surface area contributed by atoms with Crippen molar-refractivity contribution in [2.24, 2.45) is 0 Å². The summed E-state index contributed by atoms with van der Waals surface area (Å²) in [7, 11) is 1.78. The van der Waals surface area contributed by atoms with Gasteiger partial charge in [0.2, 0.25) is 0 Å². The molecule has 0 N–H and O–H groups in total. The highest BCUT2D eigenvalue weighted by molar-refractivity contribution is 6.32. The van der Waals surface area contributed by atoms with E-state index >= 15 is 0 Å². The molecule has 0 fully saturated rings. The van der Waals surface area contributed by atoms with E-state index in [9.17, 15) is 9.18 Å². The Labute approximate surface area is 59.3 Å². The van der Waals surface area contributed by atoms with E-state index in [2.05, 4.69) is 0 Å².